The summed E-state index contributed by atoms with van der Waals surface area (Å²) in [6.45, 7) is 1.50. The minimum Gasteiger partial charge on any atom is -0.505 e. The number of aliphatic hydroxyl groups excluding tert-OH is 1. The van der Waals surface area contributed by atoms with Crippen molar-refractivity contribution in [3.8, 4) is 28.2 Å². The molecule has 1 amide bonds. The molecule has 0 saturated carbocycles. The number of nitrogens with one attached hydrogen (secondary N) is 3. The maximum Gasteiger partial charge on any atom is 0.489 e. The highest BCUT2D eigenvalue weighted by Crippen LogP contribution is 2.66. The molecule has 2 aromatic carbocycles. The number of aromatic nitrogens is 2. The fourth-order valence-electron chi connectivity index (χ4n) is 8.37. The molecule has 1 aliphatic carbocycles. The number of aliphatic hydroxyl groups is 1. The average Bonchev–Trinajstić information content (AvgIpc) is 3.72. The second kappa shape index (κ2) is 25.5. The van der Waals surface area contributed by atoms with E-state index in [0.29, 0.717) is 30.5 Å². The molecule has 1 fully saturated rings. The van der Waals surface area contributed by atoms with Crippen LogP contribution < -0.4 is 32.8 Å². The number of nitrogens with zero attached hydrogens (tertiary/aromatic N) is 3. The van der Waals surface area contributed by atoms with Gasteiger partial charge in [-0.1, -0.05) is 18.2 Å². The minimum absolute atomic E-state index is 0.0394. The third-order valence-corrected chi connectivity index (χ3v) is 17.6. The van der Waals surface area contributed by atoms with Gasteiger partial charge in [0.1, 0.15) is 28.6 Å². The molecule has 3 aliphatic rings. The van der Waals surface area contributed by atoms with E-state index < -0.39 is 103 Å². The number of ether oxygens (including phenoxy) is 1. The number of phenols is 1. The summed E-state index contributed by atoms with van der Waals surface area (Å²) in [4.78, 5) is 83.4. The average molecular weight is 1180 g/mol. The summed E-state index contributed by atoms with van der Waals surface area (Å²) < 4.78 is 128. The van der Waals surface area contributed by atoms with Crippen molar-refractivity contribution in [3.63, 3.8) is 0 Å². The van der Waals surface area contributed by atoms with Crippen LogP contribution in [0, 0.1) is 11.6 Å². The second-order valence-corrected chi connectivity index (χ2v) is 24.9. The first-order valence-electron chi connectivity index (χ1n) is 23.7. The first-order chi connectivity index (χ1) is 36.4. The Morgan fingerprint density at radius 1 is 0.962 bits per heavy atom. The van der Waals surface area contributed by atoms with Crippen molar-refractivity contribution in [1.82, 2.24) is 24.9 Å². The number of unbranched alkanes of at least 4 members (excludes halogenated alkanes) is 1. The van der Waals surface area contributed by atoms with Crippen molar-refractivity contribution in [2.24, 2.45) is 5.73 Å². The van der Waals surface area contributed by atoms with E-state index in [2.05, 4.69) is 28.5 Å². The maximum atomic E-state index is 14.7. The first kappa shape index (κ1) is 62.0. The number of carbonyl (C=O) groups excluding carboxylic acids is 1. The summed E-state index contributed by atoms with van der Waals surface area (Å²) in [5, 5.41) is 25.1. The van der Waals surface area contributed by atoms with Gasteiger partial charge in [-0.25, -0.2) is 32.4 Å². The van der Waals surface area contributed by atoms with Crippen LogP contribution in [0.2, 0.25) is 0 Å². The number of halogens is 2. The molecule has 0 bridgehead atoms. The lowest BCUT2D eigenvalue weighted by molar-refractivity contribution is -0.890. The van der Waals surface area contributed by atoms with E-state index in [1.807, 2.05) is 19.0 Å². The Morgan fingerprint density at radius 2 is 1.67 bits per heavy atom. The second-order valence-electron chi connectivity index (χ2n) is 18.7. The van der Waals surface area contributed by atoms with E-state index in [9.17, 15) is 79.5 Å². The topological polar surface area (TPSA) is 399 Å². The molecule has 33 heteroatoms. The van der Waals surface area contributed by atoms with Crippen LogP contribution in [0.4, 0.5) is 8.78 Å². The number of aromatic amines is 1. The van der Waals surface area contributed by atoms with Crippen molar-refractivity contribution in [2.75, 3.05) is 73.6 Å². The zero-order valence-corrected chi connectivity index (χ0v) is 45.5. The van der Waals surface area contributed by atoms with Crippen LogP contribution in [0.25, 0.3) is 39.5 Å². The molecular weight excluding hydrogens is 1120 g/mol. The predicted molar refractivity (Wildman–Crippen MR) is 276 cm³/mol. The third-order valence-electron chi connectivity index (χ3n) is 12.2. The van der Waals surface area contributed by atoms with E-state index in [4.69, 9.17) is 14.9 Å². The number of nitrogens with two attached hydrogens (primary N) is 1. The van der Waals surface area contributed by atoms with Crippen molar-refractivity contribution in [2.45, 2.75) is 55.4 Å². The lowest BCUT2D eigenvalue weighted by atomic mass is 9.92. The Balaban J connectivity index is 0.896. The number of carbonyl (C=O) groups is 1. The molecule has 3 heterocycles. The molecule has 3 aromatic rings. The number of benzene rings is 3. The van der Waals surface area contributed by atoms with Crippen molar-refractivity contribution >= 4 is 56.5 Å². The van der Waals surface area contributed by atoms with Crippen molar-refractivity contribution in [3.05, 3.63) is 109 Å². The molecule has 6 rings (SSSR count). The zero-order valence-electron chi connectivity index (χ0n) is 42.0. The van der Waals surface area contributed by atoms with Gasteiger partial charge >= 0.3 is 29.1 Å². The number of phosphoric acid groups is 2. The van der Waals surface area contributed by atoms with Crippen LogP contribution in [0.1, 0.15) is 54.3 Å². The normalized spacial score (nSPS) is 18.6. The maximum absolute atomic E-state index is 14.7. The Labute approximate surface area is 443 Å². The number of H-pyrrole nitrogens is 1. The SMILES string of the molecule is CN(CCCC[N+](C)(C)CCCNC(=O)c1ccc(-c2c3cc(F)c(=O)cc-3oc3cc(O)c(F)cc23)c(S(=O)(=O)O)c1)CCCNP(=O)(O)OP(=O)(O)OP(=O)(O)OC[C@H]1O[C@@H](n2cc(/C=C/CN)c(=O)[nH]c2=O)C[C@H]1O. The van der Waals surface area contributed by atoms with Gasteiger partial charge in [0.2, 0.25) is 5.43 Å². The Morgan fingerprint density at radius 3 is 2.37 bits per heavy atom. The molecular formula is C45H59F2N7O20P3S+. The molecule has 78 heavy (non-hydrogen) atoms. The Bertz CT molecular complexity index is 3470. The van der Waals surface area contributed by atoms with Gasteiger partial charge in [-0.3, -0.25) is 33.0 Å². The molecule has 11 N–H and O–H groups in total. The number of aromatic hydroxyl groups is 1. The largest absolute Gasteiger partial charge is 0.505 e. The van der Waals surface area contributed by atoms with Crippen LogP contribution in [-0.4, -0.2) is 148 Å². The predicted octanol–water partition coefficient (Wildman–Crippen LogP) is 3.20. The standard InChI is InChI=1S/C45H58F2N7O20P3S/c1-52(16-7-14-50-75(61,62)73-77(65,66)74-76(63,64)70-26-39-36(57)24-41(72-39)53-25-28(9-6-12-48)44(59)51-45(53)60)15-4-5-17-54(2,3)18-8-13-49-43(58)27-10-11-29(40(19-27)78(67,68)69)42-30-20-32(46)34(55)22-37(30)71-38-23-35(56)33(47)21-31(38)42/h6,9-11,19-23,25,36,39,41,57H,4-5,7-8,12-18,24,26,48H2,1-3H3,(H7-,49,50,51,55,56,58,59,60,61,62,63,64,65,66,67,68,69)/p+1/b9-6+/t36-,39-,41-/m1/s1. The quantitative estimate of drug-likeness (QED) is 0.0119. The van der Waals surface area contributed by atoms with Gasteiger partial charge < -0.3 is 54.5 Å². The van der Waals surface area contributed by atoms with Gasteiger partial charge in [0.05, 0.1) is 45.5 Å². The number of hydrogen-bond donors (Lipinski definition) is 10. The summed E-state index contributed by atoms with van der Waals surface area (Å²) in [6.07, 6.45) is 2.02. The van der Waals surface area contributed by atoms with Crippen LogP contribution in [0.5, 0.6) is 5.75 Å². The molecule has 0 radical (unpaired) electrons. The lowest BCUT2D eigenvalue weighted by Gasteiger charge is -2.30. The summed E-state index contributed by atoms with van der Waals surface area (Å²) in [6, 6.07) is 6.57. The number of quaternary nitrogens is 1. The first-order valence-corrected chi connectivity index (χ1v) is 29.7. The van der Waals surface area contributed by atoms with Crippen LogP contribution in [0.15, 0.2) is 78.4 Å². The lowest BCUT2D eigenvalue weighted by Crippen LogP contribution is -2.42. The molecule has 2 aliphatic heterocycles. The van der Waals surface area contributed by atoms with E-state index in [1.54, 1.807) is 7.05 Å². The molecule has 428 valence electrons. The molecule has 27 nitrogen and oxygen atoms in total. The van der Waals surface area contributed by atoms with E-state index in [1.165, 1.54) is 18.2 Å². The molecule has 1 saturated heterocycles. The van der Waals surface area contributed by atoms with Crippen LogP contribution in [0.3, 0.4) is 0 Å². The van der Waals surface area contributed by atoms with Gasteiger partial charge in [-0.2, -0.15) is 17.0 Å². The van der Waals surface area contributed by atoms with Gasteiger partial charge in [0.25, 0.3) is 21.6 Å². The number of rotatable bonds is 27. The van der Waals surface area contributed by atoms with Gasteiger partial charge in [-0.05, 0) is 63.7 Å². The highest BCUT2D eigenvalue weighted by Gasteiger charge is 2.43. The van der Waals surface area contributed by atoms with Crippen molar-refractivity contribution < 1.29 is 91.9 Å². The van der Waals surface area contributed by atoms with Crippen LogP contribution in [-0.2, 0) is 41.7 Å². The number of phosphoric ester groups is 1. The van der Waals surface area contributed by atoms with E-state index >= 15 is 0 Å². The molecule has 6 atom stereocenters. The number of hydrogen-bond acceptors (Lipinski definition) is 18. The van der Waals surface area contributed by atoms with Crippen LogP contribution >= 0.6 is 23.4 Å². The van der Waals surface area contributed by atoms with Gasteiger partial charge in [0, 0.05) is 78.4 Å². The summed E-state index contributed by atoms with van der Waals surface area (Å²) >= 11 is 0. The van der Waals surface area contributed by atoms with Gasteiger partial charge in [0.15, 0.2) is 17.4 Å². The number of phenolic OH excluding ortho intramolecular Hbond substituents is 1. The number of fused-ring (bicyclic) bond motifs is 2. The van der Waals surface area contributed by atoms with Gasteiger partial charge in [-0.15, -0.1) is 0 Å². The summed E-state index contributed by atoms with van der Waals surface area (Å²) in [5.74, 6) is -4.12. The third kappa shape index (κ3) is 16.7. The number of amides is 1. The van der Waals surface area contributed by atoms with E-state index in [0.717, 1.165) is 66.5 Å². The highest BCUT2D eigenvalue weighted by atomic mass is 32.2. The van der Waals surface area contributed by atoms with E-state index in [-0.39, 0.29) is 77.0 Å². The monoisotopic (exact) mass is 1180 g/mol. The fraction of sp³-hybridized carbons (Fsp3) is 0.422. The van der Waals surface area contributed by atoms with Crippen molar-refractivity contribution in [1.29, 1.82) is 0 Å². The summed E-state index contributed by atoms with van der Waals surface area (Å²) in [7, 11) is -15.7. The fourth-order valence-corrected chi connectivity index (χ4v) is 12.8. The Hall–Kier alpha value is -5.20. The highest BCUT2D eigenvalue weighted by molar-refractivity contribution is 7.86. The molecule has 0 spiro atoms. The summed E-state index contributed by atoms with van der Waals surface area (Å²) in [5.41, 5.74) is 1.80. The minimum atomic E-state index is -5.76. The molecule has 1 aromatic heterocycles. The Kier molecular flexibility index (Phi) is 20.3. The molecule has 3 unspecified atom stereocenters. The smallest absolute Gasteiger partial charge is 0.489 e. The zero-order chi connectivity index (χ0) is 57.5.